The number of fused-ring (bicyclic) bond motifs is 1. The molecule has 1 aliphatic heterocycles. The maximum Gasteiger partial charge on any atom is 0.246 e. The van der Waals surface area contributed by atoms with Gasteiger partial charge in [-0.15, -0.1) is 0 Å². The van der Waals surface area contributed by atoms with Crippen molar-refractivity contribution in [2.24, 2.45) is 7.05 Å². The number of hydrogen-bond acceptors (Lipinski definition) is 5. The minimum absolute atomic E-state index is 0.0721. The van der Waals surface area contributed by atoms with Crippen LogP contribution in [-0.4, -0.2) is 40.7 Å². The first-order valence-electron chi connectivity index (χ1n) is 6.81. The number of rotatable bonds is 3. The predicted molar refractivity (Wildman–Crippen MR) is 78.4 cm³/mol. The van der Waals surface area contributed by atoms with Crippen LogP contribution in [0.2, 0.25) is 0 Å². The Morgan fingerprint density at radius 2 is 2.19 bits per heavy atom. The van der Waals surface area contributed by atoms with E-state index >= 15 is 0 Å². The molecular formula is C14H18N4O2S. The van der Waals surface area contributed by atoms with Crippen molar-refractivity contribution in [1.82, 2.24) is 19.4 Å². The summed E-state index contributed by atoms with van der Waals surface area (Å²) in [6.07, 6.45) is 5.58. The molecule has 0 amide bonds. The van der Waals surface area contributed by atoms with Crippen molar-refractivity contribution in [3.63, 3.8) is 0 Å². The summed E-state index contributed by atoms with van der Waals surface area (Å²) in [6, 6.07) is 4.15. The van der Waals surface area contributed by atoms with E-state index in [1.165, 1.54) is 5.69 Å². The van der Waals surface area contributed by atoms with Crippen LogP contribution in [0, 0.1) is 0 Å². The Labute approximate surface area is 124 Å². The van der Waals surface area contributed by atoms with Gasteiger partial charge in [0.05, 0.1) is 5.69 Å². The zero-order chi connectivity index (χ0) is 15.0. The smallest absolute Gasteiger partial charge is 0.246 e. The van der Waals surface area contributed by atoms with Gasteiger partial charge in [-0.1, -0.05) is 0 Å². The summed E-state index contributed by atoms with van der Waals surface area (Å²) in [5.74, 6) is 0. The van der Waals surface area contributed by atoms with Gasteiger partial charge in [0.2, 0.25) is 15.0 Å². The summed E-state index contributed by atoms with van der Waals surface area (Å²) in [5.41, 5.74) is 3.13. The molecule has 2 aromatic rings. The second-order valence-corrected chi connectivity index (χ2v) is 7.38. The monoisotopic (exact) mass is 306 g/mol. The van der Waals surface area contributed by atoms with E-state index < -0.39 is 9.84 Å². The second kappa shape index (κ2) is 5.23. The van der Waals surface area contributed by atoms with E-state index in [4.69, 9.17) is 0 Å². The summed E-state index contributed by atoms with van der Waals surface area (Å²) in [7, 11) is -1.30. The third-order valence-corrected chi connectivity index (χ3v) is 4.62. The fraction of sp³-hybridized carbons (Fsp3) is 0.429. The number of nitrogens with zero attached hydrogens (tertiary/aromatic N) is 4. The highest BCUT2D eigenvalue weighted by atomic mass is 32.2. The molecule has 2 aromatic heterocycles. The average Bonchev–Trinajstić information content (AvgIpc) is 2.82. The standard InChI is InChI=1S/C14H18N4O2S/c1-17-6-3-4-12(17)10-18-7-5-13-11(9-18)8-15-14(16-13)21(2,19)20/h3-4,6,8H,5,7,9-10H2,1-2H3. The van der Waals surface area contributed by atoms with Crippen molar-refractivity contribution < 1.29 is 8.42 Å². The van der Waals surface area contributed by atoms with Gasteiger partial charge < -0.3 is 4.57 Å². The fourth-order valence-corrected chi connectivity index (χ4v) is 3.08. The minimum atomic E-state index is -3.34. The van der Waals surface area contributed by atoms with Crippen molar-refractivity contribution in [1.29, 1.82) is 0 Å². The van der Waals surface area contributed by atoms with Crippen LogP contribution in [0.1, 0.15) is 17.0 Å². The summed E-state index contributed by atoms with van der Waals surface area (Å²) in [5, 5.41) is -0.0721. The van der Waals surface area contributed by atoms with Gasteiger partial charge in [0, 0.05) is 63.0 Å². The summed E-state index contributed by atoms with van der Waals surface area (Å²) in [6.45, 7) is 2.50. The Morgan fingerprint density at radius 3 is 2.86 bits per heavy atom. The molecule has 0 fully saturated rings. The Balaban J connectivity index is 1.79. The highest BCUT2D eigenvalue weighted by Gasteiger charge is 2.21. The van der Waals surface area contributed by atoms with Crippen molar-refractivity contribution in [2.45, 2.75) is 24.7 Å². The highest BCUT2D eigenvalue weighted by Crippen LogP contribution is 2.19. The molecule has 0 N–H and O–H groups in total. The molecule has 0 spiro atoms. The molecule has 3 heterocycles. The van der Waals surface area contributed by atoms with Crippen LogP contribution in [0.25, 0.3) is 0 Å². The van der Waals surface area contributed by atoms with Crippen LogP contribution in [0.5, 0.6) is 0 Å². The lowest BCUT2D eigenvalue weighted by Gasteiger charge is -2.28. The quantitative estimate of drug-likeness (QED) is 0.784. The van der Waals surface area contributed by atoms with Crippen molar-refractivity contribution in [3.8, 4) is 0 Å². The van der Waals surface area contributed by atoms with E-state index in [0.717, 1.165) is 43.6 Å². The molecule has 0 saturated heterocycles. The van der Waals surface area contributed by atoms with E-state index in [0.29, 0.717) is 0 Å². The molecule has 0 atom stereocenters. The number of aryl methyl sites for hydroxylation is 1. The number of sulfone groups is 1. The van der Waals surface area contributed by atoms with E-state index in [1.54, 1.807) is 6.20 Å². The van der Waals surface area contributed by atoms with Crippen LogP contribution in [0.3, 0.4) is 0 Å². The normalized spacial score (nSPS) is 15.9. The Bertz CT molecular complexity index is 767. The largest absolute Gasteiger partial charge is 0.353 e. The first kappa shape index (κ1) is 14.2. The molecule has 0 radical (unpaired) electrons. The van der Waals surface area contributed by atoms with Gasteiger partial charge in [0.25, 0.3) is 0 Å². The molecule has 0 bridgehead atoms. The molecule has 0 aliphatic carbocycles. The lowest BCUT2D eigenvalue weighted by molar-refractivity contribution is 0.237. The molecule has 0 aromatic carbocycles. The zero-order valence-corrected chi connectivity index (χ0v) is 13.0. The first-order chi connectivity index (χ1) is 9.93. The maximum absolute atomic E-state index is 11.5. The molecule has 0 saturated carbocycles. The maximum atomic E-state index is 11.5. The van der Waals surface area contributed by atoms with Gasteiger partial charge in [-0.25, -0.2) is 18.4 Å². The molecule has 0 unspecified atom stereocenters. The highest BCUT2D eigenvalue weighted by molar-refractivity contribution is 7.90. The topological polar surface area (TPSA) is 68.1 Å². The van der Waals surface area contributed by atoms with Gasteiger partial charge in [0.1, 0.15) is 0 Å². The average molecular weight is 306 g/mol. The Morgan fingerprint density at radius 1 is 1.38 bits per heavy atom. The molecule has 1 aliphatic rings. The molecule has 21 heavy (non-hydrogen) atoms. The van der Waals surface area contributed by atoms with Crippen LogP contribution in [-0.2, 0) is 36.4 Å². The predicted octanol–water partition coefficient (Wildman–Crippen LogP) is 0.777. The lowest BCUT2D eigenvalue weighted by Crippen LogP contribution is -2.31. The van der Waals surface area contributed by atoms with Gasteiger partial charge in [-0.05, 0) is 12.1 Å². The van der Waals surface area contributed by atoms with Crippen LogP contribution in [0.4, 0.5) is 0 Å². The van der Waals surface area contributed by atoms with E-state index in [1.807, 2.05) is 19.3 Å². The van der Waals surface area contributed by atoms with Gasteiger partial charge in [0.15, 0.2) is 0 Å². The first-order valence-corrected chi connectivity index (χ1v) is 8.70. The Kier molecular flexibility index (Phi) is 3.54. The zero-order valence-electron chi connectivity index (χ0n) is 12.2. The van der Waals surface area contributed by atoms with Crippen LogP contribution in [0.15, 0.2) is 29.7 Å². The van der Waals surface area contributed by atoms with Gasteiger partial charge >= 0.3 is 0 Å². The molecule has 7 heteroatoms. The van der Waals surface area contributed by atoms with Crippen molar-refractivity contribution in [2.75, 3.05) is 12.8 Å². The van der Waals surface area contributed by atoms with E-state index in [2.05, 4.69) is 25.5 Å². The third kappa shape index (κ3) is 2.98. The second-order valence-electron chi connectivity index (χ2n) is 5.47. The van der Waals surface area contributed by atoms with Crippen LogP contribution < -0.4 is 0 Å². The molecule has 6 nitrogen and oxygen atoms in total. The Hall–Kier alpha value is -1.73. The fourth-order valence-electron chi connectivity index (χ4n) is 2.56. The number of aromatic nitrogens is 3. The van der Waals surface area contributed by atoms with Crippen LogP contribution >= 0.6 is 0 Å². The summed E-state index contributed by atoms with van der Waals surface area (Å²) >= 11 is 0. The molecule has 3 rings (SSSR count). The molecular weight excluding hydrogens is 288 g/mol. The van der Waals surface area contributed by atoms with Gasteiger partial charge in [-0.2, -0.15) is 0 Å². The van der Waals surface area contributed by atoms with E-state index in [9.17, 15) is 8.42 Å². The third-order valence-electron chi connectivity index (χ3n) is 3.76. The molecule has 112 valence electrons. The SMILES string of the molecule is Cn1cccc1CN1CCc2nc(S(C)(=O)=O)ncc2C1. The van der Waals surface area contributed by atoms with E-state index in [-0.39, 0.29) is 5.16 Å². The van der Waals surface area contributed by atoms with Crippen molar-refractivity contribution in [3.05, 3.63) is 41.5 Å². The lowest BCUT2D eigenvalue weighted by atomic mass is 10.1. The number of hydrogen-bond donors (Lipinski definition) is 0. The minimum Gasteiger partial charge on any atom is -0.353 e. The summed E-state index contributed by atoms with van der Waals surface area (Å²) in [4.78, 5) is 10.5. The van der Waals surface area contributed by atoms with Crippen molar-refractivity contribution >= 4 is 9.84 Å². The summed E-state index contributed by atoms with van der Waals surface area (Å²) < 4.78 is 25.1. The van der Waals surface area contributed by atoms with Gasteiger partial charge in [-0.3, -0.25) is 4.90 Å².